The van der Waals surface area contributed by atoms with Crippen LogP contribution in [0.5, 0.6) is 0 Å². The molecule has 0 atom stereocenters. The summed E-state index contributed by atoms with van der Waals surface area (Å²) in [5.41, 5.74) is -0.568. The Morgan fingerprint density at radius 3 is 3.00 bits per heavy atom. The van der Waals surface area contributed by atoms with Gasteiger partial charge in [-0.1, -0.05) is 11.6 Å². The zero-order chi connectivity index (χ0) is 8.43. The van der Waals surface area contributed by atoms with Gasteiger partial charge in [0.2, 0.25) is 0 Å². The minimum absolute atomic E-state index is 0.0571. The summed E-state index contributed by atoms with van der Waals surface area (Å²) in [5.74, 6) is 0. The molecule has 1 rings (SSSR count). The highest BCUT2D eigenvalue weighted by Crippen LogP contribution is 2.11. The number of aromatic nitrogens is 2. The van der Waals surface area contributed by atoms with Crippen molar-refractivity contribution in [1.29, 1.82) is 0 Å². The van der Waals surface area contributed by atoms with Gasteiger partial charge >= 0.3 is 0 Å². The van der Waals surface area contributed by atoms with Crippen molar-refractivity contribution >= 4 is 39.9 Å². The fourth-order valence-electron chi connectivity index (χ4n) is 0.465. The predicted molar refractivity (Wildman–Crippen MR) is 45.3 cm³/mol. The van der Waals surface area contributed by atoms with Crippen molar-refractivity contribution in [1.82, 2.24) is 9.19 Å². The van der Waals surface area contributed by atoms with Crippen LogP contribution in [0.25, 0.3) is 0 Å². The van der Waals surface area contributed by atoms with Crippen LogP contribution in [0.1, 0.15) is 0 Å². The molecule has 1 aromatic heterocycles. The van der Waals surface area contributed by atoms with E-state index in [4.69, 9.17) is 11.6 Å². The summed E-state index contributed by atoms with van der Waals surface area (Å²) < 4.78 is 12.6. The Balaban J connectivity index is 3.37. The van der Waals surface area contributed by atoms with Crippen molar-refractivity contribution in [3.8, 4) is 0 Å². The summed E-state index contributed by atoms with van der Waals surface area (Å²) in [7, 11) is 0. The van der Waals surface area contributed by atoms with Crippen molar-refractivity contribution in [2.24, 2.45) is 0 Å². The standard InChI is InChI=1S/C4HBrClFN2OS/c5-2-1-3(6)8-9(11-7)4(2)10/h1H. The molecule has 0 bridgehead atoms. The third-order valence-electron chi connectivity index (χ3n) is 0.876. The highest BCUT2D eigenvalue weighted by Gasteiger charge is 2.04. The fourth-order valence-corrected chi connectivity index (χ4v) is 1.61. The Labute approximate surface area is 79.1 Å². The maximum Gasteiger partial charge on any atom is 0.293 e. The van der Waals surface area contributed by atoms with Gasteiger partial charge in [0.05, 0.1) is 4.47 Å². The number of hydrogen-bond donors (Lipinski definition) is 0. The molecule has 0 saturated heterocycles. The van der Waals surface area contributed by atoms with Gasteiger partial charge in [0.15, 0.2) is 17.5 Å². The molecule has 0 aromatic carbocycles. The summed E-state index contributed by atoms with van der Waals surface area (Å²) in [4.78, 5) is 10.9. The molecule has 60 valence electrons. The summed E-state index contributed by atoms with van der Waals surface area (Å²) in [6.07, 6.45) is 0. The number of hydrogen-bond acceptors (Lipinski definition) is 3. The molecule has 0 aliphatic carbocycles. The molecule has 0 N–H and O–H groups in total. The first-order valence-corrected chi connectivity index (χ1v) is 4.24. The molecular weight excluding hydrogens is 258 g/mol. The van der Waals surface area contributed by atoms with E-state index in [0.29, 0.717) is 4.09 Å². The smallest absolute Gasteiger partial charge is 0.265 e. The topological polar surface area (TPSA) is 34.9 Å². The lowest BCUT2D eigenvalue weighted by atomic mass is 10.6. The van der Waals surface area contributed by atoms with Crippen LogP contribution in [0.3, 0.4) is 0 Å². The van der Waals surface area contributed by atoms with Gasteiger partial charge in [-0.15, -0.1) is 13.1 Å². The van der Waals surface area contributed by atoms with Crippen LogP contribution in [0.15, 0.2) is 15.3 Å². The van der Waals surface area contributed by atoms with Crippen molar-refractivity contribution in [3.63, 3.8) is 0 Å². The van der Waals surface area contributed by atoms with Gasteiger partial charge in [0.25, 0.3) is 5.56 Å². The van der Waals surface area contributed by atoms with Crippen molar-refractivity contribution in [2.75, 3.05) is 0 Å². The molecule has 0 fully saturated rings. The molecule has 0 spiro atoms. The molecule has 11 heavy (non-hydrogen) atoms. The van der Waals surface area contributed by atoms with E-state index in [1.807, 2.05) is 0 Å². The molecular formula is C4HBrClFN2OS. The highest BCUT2D eigenvalue weighted by molar-refractivity contribution is 9.10. The summed E-state index contributed by atoms with van der Waals surface area (Å²) in [6.45, 7) is 0. The first kappa shape index (κ1) is 9.02. The van der Waals surface area contributed by atoms with Gasteiger partial charge in [-0.05, 0) is 22.0 Å². The van der Waals surface area contributed by atoms with Crippen LogP contribution in [0, 0.1) is 0 Å². The average Bonchev–Trinajstić information content (AvgIpc) is 1.96. The second-order valence-electron chi connectivity index (χ2n) is 1.56. The minimum atomic E-state index is -0.568. The maximum absolute atomic E-state index is 11.9. The zero-order valence-electron chi connectivity index (χ0n) is 4.92. The molecule has 3 nitrogen and oxygen atoms in total. The maximum atomic E-state index is 11.9. The van der Waals surface area contributed by atoms with Gasteiger partial charge in [-0.3, -0.25) is 4.79 Å². The van der Waals surface area contributed by atoms with Crippen LogP contribution in [0.4, 0.5) is 3.89 Å². The van der Waals surface area contributed by atoms with E-state index in [1.54, 1.807) is 0 Å². The Hall–Kier alpha value is -0.0700. The predicted octanol–water partition coefficient (Wildman–Crippen LogP) is 2.04. The van der Waals surface area contributed by atoms with Crippen LogP contribution >= 0.6 is 39.9 Å². The van der Waals surface area contributed by atoms with E-state index >= 15 is 0 Å². The van der Waals surface area contributed by atoms with Gasteiger partial charge in [0.1, 0.15) is 0 Å². The molecule has 1 heterocycles. The molecule has 1 aromatic rings. The first-order chi connectivity index (χ1) is 5.15. The van der Waals surface area contributed by atoms with Gasteiger partial charge in [-0.25, -0.2) is 0 Å². The second kappa shape index (κ2) is 3.55. The van der Waals surface area contributed by atoms with Gasteiger partial charge < -0.3 is 0 Å². The quantitative estimate of drug-likeness (QED) is 0.774. The summed E-state index contributed by atoms with van der Waals surface area (Å²) in [5, 5.41) is 3.44. The fraction of sp³-hybridized carbons (Fsp3) is 0. The Kier molecular flexibility index (Phi) is 2.91. The van der Waals surface area contributed by atoms with Crippen molar-refractivity contribution < 1.29 is 3.89 Å². The molecule has 7 heteroatoms. The summed E-state index contributed by atoms with van der Waals surface area (Å²) >= 11 is 8.02. The number of halogens is 3. The van der Waals surface area contributed by atoms with Gasteiger partial charge in [-0.2, -0.15) is 0 Å². The summed E-state index contributed by atoms with van der Waals surface area (Å²) in [6, 6.07) is 1.30. The lowest BCUT2D eigenvalue weighted by Gasteiger charge is -1.96. The van der Waals surface area contributed by atoms with Crippen molar-refractivity contribution in [3.05, 3.63) is 26.0 Å². The van der Waals surface area contributed by atoms with Crippen LogP contribution in [-0.4, -0.2) is 9.19 Å². The Morgan fingerprint density at radius 1 is 1.82 bits per heavy atom. The molecule has 0 unspecified atom stereocenters. The van der Waals surface area contributed by atoms with Gasteiger partial charge in [0, 0.05) is 0 Å². The van der Waals surface area contributed by atoms with Crippen LogP contribution < -0.4 is 5.56 Å². The monoisotopic (exact) mass is 258 g/mol. The third kappa shape index (κ3) is 1.94. The molecule has 0 amide bonds. The molecule has 0 aliphatic rings. The zero-order valence-corrected chi connectivity index (χ0v) is 8.08. The molecule has 0 radical (unpaired) electrons. The first-order valence-electron chi connectivity index (χ1n) is 2.39. The van der Waals surface area contributed by atoms with E-state index < -0.39 is 5.56 Å². The largest absolute Gasteiger partial charge is 0.293 e. The van der Waals surface area contributed by atoms with Crippen LogP contribution in [0.2, 0.25) is 5.15 Å². The lowest BCUT2D eigenvalue weighted by Crippen LogP contribution is -2.17. The second-order valence-corrected chi connectivity index (χ2v) is 3.29. The van der Waals surface area contributed by atoms with Crippen molar-refractivity contribution in [2.45, 2.75) is 0 Å². The Bertz CT molecular complexity index is 330. The number of nitrogens with zero attached hydrogens (tertiary/aromatic N) is 2. The Morgan fingerprint density at radius 2 is 2.45 bits per heavy atom. The van der Waals surface area contributed by atoms with E-state index in [0.717, 1.165) is 0 Å². The molecule has 0 aliphatic heterocycles. The third-order valence-corrected chi connectivity index (χ3v) is 2.01. The van der Waals surface area contributed by atoms with E-state index in [9.17, 15) is 8.68 Å². The minimum Gasteiger partial charge on any atom is -0.265 e. The van der Waals surface area contributed by atoms with E-state index in [-0.39, 0.29) is 22.0 Å². The average molecular weight is 259 g/mol. The normalized spacial score (nSPS) is 10.1. The number of rotatable bonds is 1. The molecule has 0 saturated carbocycles. The van der Waals surface area contributed by atoms with E-state index in [2.05, 4.69) is 21.0 Å². The highest BCUT2D eigenvalue weighted by atomic mass is 79.9. The SMILES string of the molecule is O=c1c(Br)cc(Cl)nn1SF. The lowest BCUT2D eigenvalue weighted by molar-refractivity contribution is 0.837. The van der Waals surface area contributed by atoms with E-state index in [1.165, 1.54) is 6.07 Å². The van der Waals surface area contributed by atoms with Crippen LogP contribution in [-0.2, 0) is 0 Å².